The van der Waals surface area contributed by atoms with E-state index in [1.807, 2.05) is 17.5 Å². The zero-order valence-electron chi connectivity index (χ0n) is 10.9. The van der Waals surface area contributed by atoms with Gasteiger partial charge in [-0.05, 0) is 23.6 Å². The van der Waals surface area contributed by atoms with Gasteiger partial charge in [0.2, 0.25) is 2.88 Å². The molecule has 23 heavy (non-hydrogen) atoms. The quantitative estimate of drug-likeness (QED) is 0.467. The van der Waals surface area contributed by atoms with Gasteiger partial charge in [-0.2, -0.15) is 26.3 Å². The maximum Gasteiger partial charge on any atom is 0.430 e. The Balaban J connectivity index is 0.000000322. The highest BCUT2D eigenvalue weighted by Crippen LogP contribution is 2.28. The molecule has 0 aliphatic rings. The number of hydrogen-bond acceptors (Lipinski definition) is 3. The van der Waals surface area contributed by atoms with Crippen LogP contribution in [-0.4, -0.2) is 12.1 Å². The molecule has 0 saturated carbocycles. The lowest BCUT2D eigenvalue weighted by Crippen LogP contribution is -3.61. The summed E-state index contributed by atoms with van der Waals surface area (Å²) in [7, 11) is 0. The van der Waals surface area contributed by atoms with E-state index in [-0.39, 0.29) is 0 Å². The molecular weight excluding hydrogens is 461 g/mol. The number of halogens is 7. The summed E-state index contributed by atoms with van der Waals surface area (Å²) in [5, 5.41) is 10.7. The maximum absolute atomic E-state index is 12.5. The van der Waals surface area contributed by atoms with Gasteiger partial charge in [-0.25, -0.2) is 0 Å². The van der Waals surface area contributed by atoms with E-state index >= 15 is 0 Å². The van der Waals surface area contributed by atoms with Crippen molar-refractivity contribution in [2.24, 2.45) is 0 Å². The zero-order chi connectivity index (χ0) is 17.7. The number of aliphatic carboxylic acids is 1. The minimum Gasteiger partial charge on any atom is -0.542 e. The van der Waals surface area contributed by atoms with E-state index in [1.54, 1.807) is 17.4 Å². The molecule has 0 aliphatic carbocycles. The van der Waals surface area contributed by atoms with Crippen molar-refractivity contribution < 1.29 is 57.4 Å². The third-order valence-electron chi connectivity index (χ3n) is 2.07. The summed E-state index contributed by atoms with van der Waals surface area (Å²) in [6, 6.07) is 9.51. The molecule has 0 amide bonds. The van der Waals surface area contributed by atoms with Gasteiger partial charge in [0.15, 0.2) is 3.57 Å². The Hall–Kier alpha value is -1.30. The molecule has 1 heterocycles. The minimum atomic E-state index is -5.19. The van der Waals surface area contributed by atoms with Gasteiger partial charge in [-0.1, -0.05) is 17.4 Å². The number of benzene rings is 1. The highest BCUT2D eigenvalue weighted by atomic mass is 127. The lowest BCUT2D eigenvalue weighted by Gasteiger charge is -2.04. The first-order valence-electron chi connectivity index (χ1n) is 5.64. The molecule has 0 radical (unpaired) electrons. The first-order valence-corrected chi connectivity index (χ1v) is 8.67. The molecule has 2 nitrogen and oxygen atoms in total. The highest BCUT2D eigenvalue weighted by molar-refractivity contribution is 7.07. The molecule has 0 aliphatic heterocycles. The van der Waals surface area contributed by atoms with Crippen LogP contribution in [0.4, 0.5) is 26.3 Å². The van der Waals surface area contributed by atoms with E-state index in [0.29, 0.717) is 0 Å². The molecule has 0 spiro atoms. The smallest absolute Gasteiger partial charge is 0.430 e. The summed E-state index contributed by atoms with van der Waals surface area (Å²) >= 11 is 1.12. The van der Waals surface area contributed by atoms with E-state index in [1.165, 1.54) is 15.0 Å². The molecule has 0 N–H and O–H groups in total. The SMILES string of the molecule is FC(F)(F)c1cccc([I+]c2cccs2)c1.O=C([O-])C(F)(F)F. The average Bonchev–Trinajstić information content (AvgIpc) is 2.90. The molecule has 0 fully saturated rings. The van der Waals surface area contributed by atoms with E-state index < -0.39 is 45.1 Å². The van der Waals surface area contributed by atoms with Crippen LogP contribution in [0.1, 0.15) is 5.56 Å². The van der Waals surface area contributed by atoms with Gasteiger partial charge in [0.1, 0.15) is 5.97 Å². The molecule has 0 saturated heterocycles. The summed E-state index contributed by atoms with van der Waals surface area (Å²) in [4.78, 5) is 8.78. The van der Waals surface area contributed by atoms with Gasteiger partial charge in [0.05, 0.1) is 5.56 Å². The Morgan fingerprint density at radius 3 is 2.09 bits per heavy atom. The predicted molar refractivity (Wildman–Crippen MR) is 64.2 cm³/mol. The number of hydrogen-bond donors (Lipinski definition) is 0. The standard InChI is InChI=1S/C11H7F3IS.C2HF3O2/c12-11(13,14)8-3-1-4-9(7-8)15-10-5-2-6-16-10;3-2(4,5)1(6)7/h1-7H;(H,6,7)/q+1;/p-1. The van der Waals surface area contributed by atoms with Crippen LogP contribution in [0.25, 0.3) is 0 Å². The molecule has 126 valence electrons. The largest absolute Gasteiger partial charge is 0.542 e. The summed E-state index contributed by atoms with van der Waals surface area (Å²) in [6.45, 7) is 0. The number of carboxylic acid groups (broad SMARTS) is 1. The first-order chi connectivity index (χ1) is 10.5. The Labute approximate surface area is 141 Å². The molecule has 1 aromatic heterocycles. The number of alkyl halides is 6. The molecular formula is C13H7F6IO2S. The fraction of sp³-hybridized carbons (Fsp3) is 0.154. The number of thiophene rings is 1. The summed E-state index contributed by atoms with van der Waals surface area (Å²) < 4.78 is 70.9. The Bertz CT molecular complexity index is 637. The Kier molecular flexibility index (Phi) is 6.86. The van der Waals surface area contributed by atoms with Crippen LogP contribution in [0.2, 0.25) is 0 Å². The molecule has 0 unspecified atom stereocenters. The fourth-order valence-electron chi connectivity index (χ4n) is 1.14. The lowest BCUT2D eigenvalue weighted by atomic mass is 10.2. The highest BCUT2D eigenvalue weighted by Gasteiger charge is 2.32. The van der Waals surface area contributed by atoms with E-state index in [4.69, 9.17) is 9.90 Å². The van der Waals surface area contributed by atoms with Gasteiger partial charge < -0.3 is 9.90 Å². The minimum absolute atomic E-state index is 0.480. The van der Waals surface area contributed by atoms with E-state index in [9.17, 15) is 26.3 Å². The molecule has 0 atom stereocenters. The average molecular weight is 468 g/mol. The van der Waals surface area contributed by atoms with Crippen molar-refractivity contribution in [1.29, 1.82) is 0 Å². The third-order valence-corrected chi connectivity index (χ3v) is 6.19. The van der Waals surface area contributed by atoms with Crippen LogP contribution < -0.4 is 26.3 Å². The van der Waals surface area contributed by atoms with Crippen molar-refractivity contribution in [3.63, 3.8) is 0 Å². The number of carboxylic acids is 1. The second kappa shape index (κ2) is 7.99. The summed E-state index contributed by atoms with van der Waals surface area (Å²) in [6.07, 6.45) is -9.44. The molecule has 2 rings (SSSR count). The van der Waals surface area contributed by atoms with Crippen LogP contribution in [0.5, 0.6) is 0 Å². The van der Waals surface area contributed by atoms with Crippen molar-refractivity contribution in [2.75, 3.05) is 0 Å². The first kappa shape index (κ1) is 19.7. The molecule has 10 heteroatoms. The Morgan fingerprint density at radius 1 is 1.04 bits per heavy atom. The lowest BCUT2D eigenvalue weighted by molar-refractivity contribution is -0.591. The van der Waals surface area contributed by atoms with Crippen LogP contribution in [0.15, 0.2) is 41.8 Å². The molecule has 2 aromatic rings. The van der Waals surface area contributed by atoms with Crippen molar-refractivity contribution >= 4 is 17.3 Å². The number of carbonyl (C=O) groups is 1. The topological polar surface area (TPSA) is 40.1 Å². The van der Waals surface area contributed by atoms with Crippen LogP contribution in [0.3, 0.4) is 0 Å². The van der Waals surface area contributed by atoms with Crippen molar-refractivity contribution in [3.8, 4) is 0 Å². The van der Waals surface area contributed by atoms with Crippen molar-refractivity contribution in [1.82, 2.24) is 0 Å². The normalized spacial score (nSPS) is 11.6. The molecule has 0 bridgehead atoms. The van der Waals surface area contributed by atoms with Gasteiger partial charge in [0, 0.05) is 12.1 Å². The van der Waals surface area contributed by atoms with Crippen LogP contribution >= 0.6 is 11.3 Å². The number of rotatable bonds is 2. The number of carbonyl (C=O) groups excluding carboxylic acids is 1. The van der Waals surface area contributed by atoms with Crippen molar-refractivity contribution in [2.45, 2.75) is 12.4 Å². The third kappa shape index (κ3) is 7.20. The van der Waals surface area contributed by atoms with Crippen LogP contribution in [0, 0.1) is 6.45 Å². The fourth-order valence-corrected chi connectivity index (χ4v) is 4.93. The summed E-state index contributed by atoms with van der Waals surface area (Å²) in [5.74, 6) is -3.01. The van der Waals surface area contributed by atoms with Crippen molar-refractivity contribution in [3.05, 3.63) is 53.8 Å². The zero-order valence-corrected chi connectivity index (χ0v) is 13.9. The Morgan fingerprint density at radius 2 is 1.65 bits per heavy atom. The van der Waals surface area contributed by atoms with Gasteiger partial charge in [-0.15, -0.1) is 0 Å². The monoisotopic (exact) mass is 468 g/mol. The second-order valence-electron chi connectivity index (χ2n) is 3.80. The maximum atomic E-state index is 12.5. The summed E-state index contributed by atoms with van der Waals surface area (Å²) in [5.41, 5.74) is -0.554. The molecule has 1 aromatic carbocycles. The van der Waals surface area contributed by atoms with Gasteiger partial charge >= 0.3 is 33.6 Å². The van der Waals surface area contributed by atoms with Gasteiger partial charge in [0.25, 0.3) is 0 Å². The van der Waals surface area contributed by atoms with Gasteiger partial charge in [-0.3, -0.25) is 0 Å². The van der Waals surface area contributed by atoms with E-state index in [0.717, 1.165) is 9.64 Å². The van der Waals surface area contributed by atoms with Crippen LogP contribution in [-0.2, 0) is 11.0 Å². The van der Waals surface area contributed by atoms with E-state index in [2.05, 4.69) is 0 Å². The second-order valence-corrected chi connectivity index (χ2v) is 8.43. The predicted octanol–water partition coefficient (Wildman–Crippen LogP) is 0.194.